The second-order valence-corrected chi connectivity index (χ2v) is 8.57. The first-order chi connectivity index (χ1) is 13.9. The fraction of sp³-hybridized carbons (Fsp3) is 0.435. The number of aliphatic carboxylic acids is 1. The monoisotopic (exact) mass is 460 g/mol. The molecule has 0 radical (unpaired) electrons. The fourth-order valence-electron chi connectivity index (χ4n) is 3.97. The van der Waals surface area contributed by atoms with Crippen molar-refractivity contribution in [3.63, 3.8) is 0 Å². The molecule has 0 spiro atoms. The van der Waals surface area contributed by atoms with Crippen molar-refractivity contribution in [1.82, 2.24) is 4.90 Å². The maximum absolute atomic E-state index is 11.4. The zero-order valence-corrected chi connectivity index (χ0v) is 18.9. The highest BCUT2D eigenvalue weighted by atomic mass is 79.9. The second-order valence-electron chi connectivity index (χ2n) is 7.65. The summed E-state index contributed by atoms with van der Waals surface area (Å²) in [6, 6.07) is 14.7. The molecule has 3 rings (SSSR count). The number of halogens is 1. The molecule has 1 aliphatic heterocycles. The van der Waals surface area contributed by atoms with E-state index in [1.54, 1.807) is 0 Å². The summed E-state index contributed by atoms with van der Waals surface area (Å²) >= 11 is 3.61. The lowest BCUT2D eigenvalue weighted by Crippen LogP contribution is -2.39. The number of hydrogen-bond donors (Lipinski definition) is 1. The van der Waals surface area contributed by atoms with Gasteiger partial charge >= 0.3 is 5.97 Å². The summed E-state index contributed by atoms with van der Waals surface area (Å²) in [4.78, 5) is 15.9. The molecular weight excluding hydrogens is 432 g/mol. The molecule has 0 aliphatic carbocycles. The number of carbonyl (C=O) groups is 1. The Morgan fingerprint density at radius 1 is 1.21 bits per heavy atom. The molecule has 5 nitrogen and oxygen atoms in total. The lowest BCUT2D eigenvalue weighted by molar-refractivity contribution is -0.143. The van der Waals surface area contributed by atoms with Gasteiger partial charge in [0.2, 0.25) is 0 Å². The number of hydrogen-bond acceptors (Lipinski definition) is 4. The number of benzene rings is 2. The zero-order chi connectivity index (χ0) is 21.0. The molecular formula is C23H29BrN2O3. The van der Waals surface area contributed by atoms with E-state index in [0.717, 1.165) is 34.6 Å². The number of likely N-dealkylation sites (tertiary alicyclic amines) is 1. The minimum absolute atomic E-state index is 0.0139. The van der Waals surface area contributed by atoms with Crippen LogP contribution in [0, 0.1) is 5.92 Å². The predicted octanol–water partition coefficient (Wildman–Crippen LogP) is 4.80. The Balaban J connectivity index is 2.01. The topological polar surface area (TPSA) is 53.0 Å². The number of rotatable bonds is 7. The van der Waals surface area contributed by atoms with Gasteiger partial charge in [0.25, 0.3) is 0 Å². The standard InChI is InChI=1S/C23H29BrN2O3/c1-4-29-21-10-7-18(24)15-20(21)22(16-5-8-19(9-6-16)25(2)3)26-13-11-17(12-14-26)23(27)28/h5-10,15,17,22H,4,11-14H2,1-3H3,(H,27,28). The van der Waals surface area contributed by atoms with E-state index in [2.05, 4.69) is 56.1 Å². The van der Waals surface area contributed by atoms with Crippen molar-refractivity contribution in [1.29, 1.82) is 0 Å². The molecule has 1 N–H and O–H groups in total. The third kappa shape index (κ3) is 5.11. The predicted molar refractivity (Wildman–Crippen MR) is 120 cm³/mol. The summed E-state index contributed by atoms with van der Waals surface area (Å²) in [5.74, 6) is -0.0661. The summed E-state index contributed by atoms with van der Waals surface area (Å²) in [7, 11) is 4.06. The van der Waals surface area contributed by atoms with Crippen LogP contribution in [0.2, 0.25) is 0 Å². The van der Waals surface area contributed by atoms with Gasteiger partial charge in [-0.25, -0.2) is 0 Å². The molecule has 1 aliphatic rings. The van der Waals surface area contributed by atoms with Gasteiger partial charge in [-0.1, -0.05) is 28.1 Å². The average Bonchev–Trinajstić information content (AvgIpc) is 2.71. The number of ether oxygens (including phenoxy) is 1. The van der Waals surface area contributed by atoms with Crippen molar-refractivity contribution in [3.05, 3.63) is 58.1 Å². The lowest BCUT2D eigenvalue weighted by Gasteiger charge is -2.37. The maximum atomic E-state index is 11.4. The smallest absolute Gasteiger partial charge is 0.306 e. The summed E-state index contributed by atoms with van der Waals surface area (Å²) in [5, 5.41) is 9.38. The zero-order valence-electron chi connectivity index (χ0n) is 17.3. The van der Waals surface area contributed by atoms with Crippen LogP contribution < -0.4 is 9.64 Å². The Bertz CT molecular complexity index is 831. The molecule has 156 valence electrons. The van der Waals surface area contributed by atoms with Crippen LogP contribution in [0.1, 0.15) is 36.9 Å². The van der Waals surface area contributed by atoms with E-state index in [4.69, 9.17) is 4.74 Å². The first kappa shape index (κ1) is 21.7. The molecule has 1 heterocycles. The fourth-order valence-corrected chi connectivity index (χ4v) is 4.35. The normalized spacial score (nSPS) is 16.4. The van der Waals surface area contributed by atoms with Crippen molar-refractivity contribution >= 4 is 27.6 Å². The second kappa shape index (κ2) is 9.63. The van der Waals surface area contributed by atoms with Crippen LogP contribution in [0.4, 0.5) is 5.69 Å². The van der Waals surface area contributed by atoms with Gasteiger partial charge in [-0.3, -0.25) is 9.69 Å². The van der Waals surface area contributed by atoms with E-state index < -0.39 is 5.97 Å². The summed E-state index contributed by atoms with van der Waals surface area (Å²) in [6.45, 7) is 4.08. The highest BCUT2D eigenvalue weighted by Gasteiger charge is 2.31. The quantitative estimate of drug-likeness (QED) is 0.642. The Hall–Kier alpha value is -2.05. The molecule has 0 saturated carbocycles. The van der Waals surface area contributed by atoms with Crippen molar-refractivity contribution in [2.24, 2.45) is 5.92 Å². The average molecular weight is 461 g/mol. The van der Waals surface area contributed by atoms with Crippen LogP contribution in [0.25, 0.3) is 0 Å². The molecule has 1 fully saturated rings. The summed E-state index contributed by atoms with van der Waals surface area (Å²) < 4.78 is 6.96. The van der Waals surface area contributed by atoms with Gasteiger partial charge < -0.3 is 14.7 Å². The van der Waals surface area contributed by atoms with Crippen LogP contribution in [-0.4, -0.2) is 49.8 Å². The Morgan fingerprint density at radius 3 is 2.41 bits per heavy atom. The molecule has 2 aromatic carbocycles. The van der Waals surface area contributed by atoms with Gasteiger partial charge in [0.05, 0.1) is 18.6 Å². The first-order valence-electron chi connectivity index (χ1n) is 10.1. The van der Waals surface area contributed by atoms with Gasteiger partial charge in [-0.05, 0) is 68.8 Å². The third-order valence-electron chi connectivity index (χ3n) is 5.54. The lowest BCUT2D eigenvalue weighted by atomic mass is 9.91. The summed E-state index contributed by atoms with van der Waals surface area (Å²) in [5.41, 5.74) is 3.44. The molecule has 0 bridgehead atoms. The molecule has 1 saturated heterocycles. The van der Waals surface area contributed by atoms with E-state index in [-0.39, 0.29) is 12.0 Å². The Morgan fingerprint density at radius 2 is 1.86 bits per heavy atom. The van der Waals surface area contributed by atoms with Gasteiger partial charge in [0, 0.05) is 29.8 Å². The minimum Gasteiger partial charge on any atom is -0.494 e. The highest BCUT2D eigenvalue weighted by molar-refractivity contribution is 9.10. The van der Waals surface area contributed by atoms with Crippen molar-refractivity contribution in [2.75, 3.05) is 38.7 Å². The Kier molecular flexibility index (Phi) is 7.19. The number of piperidine rings is 1. The summed E-state index contributed by atoms with van der Waals surface area (Å²) in [6.07, 6.45) is 1.33. The number of carboxylic acids is 1. The SMILES string of the molecule is CCOc1ccc(Br)cc1C(c1ccc(N(C)C)cc1)N1CCC(C(=O)O)CC1. The van der Waals surface area contributed by atoms with Crippen molar-refractivity contribution < 1.29 is 14.6 Å². The van der Waals surface area contributed by atoms with Crippen LogP contribution >= 0.6 is 15.9 Å². The Labute approximate surface area is 181 Å². The van der Waals surface area contributed by atoms with E-state index in [0.29, 0.717) is 19.4 Å². The molecule has 2 aromatic rings. The van der Waals surface area contributed by atoms with Crippen LogP contribution in [0.3, 0.4) is 0 Å². The van der Waals surface area contributed by atoms with Crippen LogP contribution in [0.5, 0.6) is 5.75 Å². The molecule has 1 atom stereocenters. The molecule has 29 heavy (non-hydrogen) atoms. The van der Waals surface area contributed by atoms with E-state index in [9.17, 15) is 9.90 Å². The number of carboxylic acid groups (broad SMARTS) is 1. The van der Waals surface area contributed by atoms with Crippen LogP contribution in [-0.2, 0) is 4.79 Å². The first-order valence-corrected chi connectivity index (χ1v) is 10.9. The minimum atomic E-state index is -0.686. The van der Waals surface area contributed by atoms with E-state index >= 15 is 0 Å². The molecule has 0 aromatic heterocycles. The van der Waals surface area contributed by atoms with Gasteiger partial charge in [-0.15, -0.1) is 0 Å². The number of nitrogens with zero attached hydrogens (tertiary/aromatic N) is 2. The van der Waals surface area contributed by atoms with Gasteiger partial charge in [0.1, 0.15) is 5.75 Å². The van der Waals surface area contributed by atoms with Crippen molar-refractivity contribution in [3.8, 4) is 5.75 Å². The molecule has 6 heteroatoms. The van der Waals surface area contributed by atoms with Crippen molar-refractivity contribution in [2.45, 2.75) is 25.8 Å². The largest absolute Gasteiger partial charge is 0.494 e. The maximum Gasteiger partial charge on any atom is 0.306 e. The van der Waals surface area contributed by atoms with E-state index in [1.807, 2.05) is 33.2 Å². The van der Waals surface area contributed by atoms with E-state index in [1.165, 1.54) is 5.56 Å². The highest BCUT2D eigenvalue weighted by Crippen LogP contribution is 2.39. The number of anilines is 1. The van der Waals surface area contributed by atoms with Gasteiger partial charge in [0.15, 0.2) is 0 Å². The molecule has 0 amide bonds. The van der Waals surface area contributed by atoms with Gasteiger partial charge in [-0.2, -0.15) is 0 Å². The molecule has 1 unspecified atom stereocenters. The van der Waals surface area contributed by atoms with Crippen LogP contribution in [0.15, 0.2) is 46.9 Å². The third-order valence-corrected chi connectivity index (χ3v) is 6.03.